The number of aromatic nitrogens is 3. The first-order valence-electron chi connectivity index (χ1n) is 13.0. The van der Waals surface area contributed by atoms with E-state index in [1.165, 1.54) is 0 Å². The second-order valence-corrected chi connectivity index (χ2v) is 10.8. The van der Waals surface area contributed by atoms with Crippen molar-refractivity contribution >= 4 is 16.9 Å². The van der Waals surface area contributed by atoms with Crippen LogP contribution in [0.3, 0.4) is 0 Å². The summed E-state index contributed by atoms with van der Waals surface area (Å²) < 4.78 is 28.2. The standard InChI is InChI=1S/C27H32FN5O5/c1-13(2)33-21-6-15(4-5-18(21)24(35)14(3)22(33)11-32-9-16(34)10-32)23-19(28)8-29-27(31-23)30-20-7-17-12-37-26(38-17)25(20)36/h4-6,8,13,16-17,20,25-26,34,36H,7,9-12H2,1-3H3,(H,29,30,31)/t17-,20+,25-,26+/m0/s1. The second-order valence-electron chi connectivity index (χ2n) is 10.8. The van der Waals surface area contributed by atoms with Crippen LogP contribution in [0.25, 0.3) is 22.2 Å². The second kappa shape index (κ2) is 9.65. The Balaban J connectivity index is 1.39. The van der Waals surface area contributed by atoms with Gasteiger partial charge in [0.05, 0.1) is 36.6 Å². The summed E-state index contributed by atoms with van der Waals surface area (Å²) in [7, 11) is 0. The number of halogens is 1. The van der Waals surface area contributed by atoms with Gasteiger partial charge in [-0.15, -0.1) is 0 Å². The van der Waals surface area contributed by atoms with Crippen molar-refractivity contribution in [3.8, 4) is 11.3 Å². The maximum Gasteiger partial charge on any atom is 0.223 e. The van der Waals surface area contributed by atoms with E-state index in [0.29, 0.717) is 54.7 Å². The summed E-state index contributed by atoms with van der Waals surface area (Å²) >= 11 is 0. The van der Waals surface area contributed by atoms with Gasteiger partial charge in [0.2, 0.25) is 5.95 Å². The lowest BCUT2D eigenvalue weighted by atomic mass is 10.0. The highest BCUT2D eigenvalue weighted by molar-refractivity contribution is 5.85. The summed E-state index contributed by atoms with van der Waals surface area (Å²) in [4.78, 5) is 24.0. The fourth-order valence-corrected chi connectivity index (χ4v) is 5.73. The van der Waals surface area contributed by atoms with E-state index in [-0.39, 0.29) is 35.3 Å². The van der Waals surface area contributed by atoms with E-state index in [1.807, 2.05) is 20.8 Å². The SMILES string of the molecule is Cc1c(CN2CC(O)C2)n(C(C)C)c2cc(-c3nc(N[C@@H]4C[C@H]5CO[C@H](O5)[C@H]4O)ncc3F)ccc2c1=O. The largest absolute Gasteiger partial charge is 0.390 e. The Hall–Kier alpha value is -2.96. The van der Waals surface area contributed by atoms with Gasteiger partial charge in [0, 0.05) is 47.9 Å². The predicted octanol–water partition coefficient (Wildman–Crippen LogP) is 1.95. The maximum atomic E-state index is 15.0. The van der Waals surface area contributed by atoms with Crippen LogP contribution in [0.2, 0.25) is 0 Å². The summed E-state index contributed by atoms with van der Waals surface area (Å²) in [5, 5.41) is 24.0. The Labute approximate surface area is 219 Å². The van der Waals surface area contributed by atoms with Crippen molar-refractivity contribution in [2.45, 2.75) is 70.4 Å². The van der Waals surface area contributed by atoms with Gasteiger partial charge >= 0.3 is 0 Å². The van der Waals surface area contributed by atoms with Gasteiger partial charge in [-0.1, -0.05) is 6.07 Å². The van der Waals surface area contributed by atoms with E-state index in [2.05, 4.69) is 24.8 Å². The maximum absolute atomic E-state index is 15.0. The Morgan fingerprint density at radius 1 is 1.26 bits per heavy atom. The van der Waals surface area contributed by atoms with Gasteiger partial charge in [-0.25, -0.2) is 14.4 Å². The van der Waals surface area contributed by atoms with Gasteiger partial charge in [-0.2, -0.15) is 0 Å². The molecule has 2 aromatic heterocycles. The summed E-state index contributed by atoms with van der Waals surface area (Å²) in [6.07, 6.45) is -0.434. The molecule has 202 valence electrons. The Kier molecular flexibility index (Phi) is 6.43. The van der Waals surface area contributed by atoms with E-state index in [0.717, 1.165) is 11.9 Å². The van der Waals surface area contributed by atoms with Crippen molar-refractivity contribution in [2.75, 3.05) is 25.0 Å². The molecule has 10 nitrogen and oxygen atoms in total. The van der Waals surface area contributed by atoms with Gasteiger partial charge in [-0.3, -0.25) is 9.69 Å². The normalized spacial score (nSPS) is 25.8. The van der Waals surface area contributed by atoms with E-state index in [9.17, 15) is 15.0 Å². The molecule has 0 aliphatic carbocycles. The van der Waals surface area contributed by atoms with Crippen molar-refractivity contribution in [3.05, 3.63) is 51.7 Å². The molecule has 1 aromatic carbocycles. The molecule has 11 heteroatoms. The van der Waals surface area contributed by atoms with E-state index in [4.69, 9.17) is 9.47 Å². The van der Waals surface area contributed by atoms with Gasteiger partial charge in [0.1, 0.15) is 11.8 Å². The molecule has 0 unspecified atom stereocenters. The first kappa shape index (κ1) is 25.3. The minimum Gasteiger partial charge on any atom is -0.390 e. The van der Waals surface area contributed by atoms with Gasteiger partial charge in [0.15, 0.2) is 17.5 Å². The number of hydrogen-bond donors (Lipinski definition) is 3. The fourth-order valence-electron chi connectivity index (χ4n) is 5.73. The summed E-state index contributed by atoms with van der Waals surface area (Å²) in [6.45, 7) is 8.05. The van der Waals surface area contributed by atoms with Crippen molar-refractivity contribution in [1.29, 1.82) is 0 Å². The lowest BCUT2D eigenvalue weighted by Crippen LogP contribution is -2.50. The van der Waals surface area contributed by atoms with Gasteiger partial charge in [-0.05, 0) is 39.3 Å². The number of aliphatic hydroxyl groups is 2. The minimum absolute atomic E-state index is 0.0355. The Bertz CT molecular complexity index is 1440. The number of nitrogens with zero attached hydrogens (tertiary/aromatic N) is 4. The van der Waals surface area contributed by atoms with Crippen molar-refractivity contribution in [3.63, 3.8) is 0 Å². The molecule has 3 aliphatic heterocycles. The molecule has 6 rings (SSSR count). The number of benzene rings is 1. The summed E-state index contributed by atoms with van der Waals surface area (Å²) in [6, 6.07) is 4.87. The molecule has 4 atom stereocenters. The van der Waals surface area contributed by atoms with Crippen molar-refractivity contribution < 1.29 is 24.1 Å². The molecule has 5 heterocycles. The number of ether oxygens (including phenoxy) is 2. The number of aliphatic hydroxyl groups excluding tert-OH is 2. The van der Waals surface area contributed by atoms with Gasteiger partial charge in [0.25, 0.3) is 0 Å². The molecule has 2 bridgehead atoms. The number of β-amino-alcohol motifs (C(OH)–C–C–N with tert-alkyl or cyclic N) is 1. The molecule has 3 N–H and O–H groups in total. The Morgan fingerprint density at radius 2 is 2.05 bits per heavy atom. The number of hydrogen-bond acceptors (Lipinski definition) is 9. The molecular weight excluding hydrogens is 493 g/mol. The first-order valence-corrected chi connectivity index (χ1v) is 13.0. The third kappa shape index (κ3) is 4.38. The first-order chi connectivity index (χ1) is 18.2. The number of pyridine rings is 1. The van der Waals surface area contributed by atoms with Crippen molar-refractivity contribution in [2.24, 2.45) is 0 Å². The summed E-state index contributed by atoms with van der Waals surface area (Å²) in [5.74, 6) is -0.403. The molecular formula is C27H32FN5O5. The molecule has 3 saturated heterocycles. The third-order valence-electron chi connectivity index (χ3n) is 7.71. The van der Waals surface area contributed by atoms with Crippen LogP contribution in [0.4, 0.5) is 10.3 Å². The molecule has 3 fully saturated rings. The third-order valence-corrected chi connectivity index (χ3v) is 7.71. The molecule has 0 amide bonds. The van der Waals surface area contributed by atoms with Crippen LogP contribution in [-0.2, 0) is 16.0 Å². The van der Waals surface area contributed by atoms with Crippen LogP contribution >= 0.6 is 0 Å². The van der Waals surface area contributed by atoms with E-state index >= 15 is 4.39 Å². The lowest BCUT2D eigenvalue weighted by Gasteiger charge is -2.37. The lowest BCUT2D eigenvalue weighted by molar-refractivity contribution is -0.156. The fraction of sp³-hybridized carbons (Fsp3) is 0.519. The molecule has 0 spiro atoms. The zero-order chi connectivity index (χ0) is 26.7. The zero-order valence-electron chi connectivity index (χ0n) is 21.6. The highest BCUT2D eigenvalue weighted by atomic mass is 19.1. The zero-order valence-corrected chi connectivity index (χ0v) is 21.6. The van der Waals surface area contributed by atoms with Crippen LogP contribution < -0.4 is 10.7 Å². The number of nitrogens with one attached hydrogen (secondary N) is 1. The highest BCUT2D eigenvalue weighted by Gasteiger charge is 2.43. The topological polar surface area (TPSA) is 122 Å². The molecule has 38 heavy (non-hydrogen) atoms. The average Bonchev–Trinajstić information content (AvgIpc) is 3.28. The van der Waals surface area contributed by atoms with Crippen LogP contribution in [0, 0.1) is 12.7 Å². The molecule has 3 aliphatic rings. The van der Waals surface area contributed by atoms with Crippen LogP contribution in [0.5, 0.6) is 0 Å². The highest BCUT2D eigenvalue weighted by Crippen LogP contribution is 2.31. The van der Waals surface area contributed by atoms with Crippen LogP contribution in [-0.4, -0.2) is 80.0 Å². The van der Waals surface area contributed by atoms with Crippen LogP contribution in [0.15, 0.2) is 29.2 Å². The van der Waals surface area contributed by atoms with Crippen LogP contribution in [0.1, 0.15) is 37.6 Å². The molecule has 3 aromatic rings. The Morgan fingerprint density at radius 3 is 2.79 bits per heavy atom. The smallest absolute Gasteiger partial charge is 0.223 e. The van der Waals surface area contributed by atoms with E-state index < -0.39 is 24.3 Å². The average molecular weight is 526 g/mol. The monoisotopic (exact) mass is 525 g/mol. The number of likely N-dealkylation sites (tertiary alicyclic amines) is 1. The number of fused-ring (bicyclic) bond motifs is 3. The minimum atomic E-state index is -0.902. The molecule has 0 radical (unpaired) electrons. The quantitative estimate of drug-likeness (QED) is 0.443. The predicted molar refractivity (Wildman–Crippen MR) is 138 cm³/mol. The number of anilines is 1. The van der Waals surface area contributed by atoms with Gasteiger partial charge < -0.3 is 29.6 Å². The summed E-state index contributed by atoms with van der Waals surface area (Å²) in [5.41, 5.74) is 2.81. The molecule has 0 saturated carbocycles. The number of rotatable bonds is 6. The van der Waals surface area contributed by atoms with Crippen molar-refractivity contribution in [1.82, 2.24) is 19.4 Å². The van der Waals surface area contributed by atoms with E-state index in [1.54, 1.807) is 18.2 Å².